The molecule has 1 aliphatic heterocycles. The van der Waals surface area contributed by atoms with Crippen LogP contribution in [0.25, 0.3) is 0 Å². The summed E-state index contributed by atoms with van der Waals surface area (Å²) < 4.78 is 38.6. The first-order chi connectivity index (χ1) is 15.8. The van der Waals surface area contributed by atoms with Crippen LogP contribution < -0.4 is 19.1 Å². The number of imidazole rings is 1. The number of carbonyl (C=O) groups excluding carboxylic acids is 1. The largest absolute Gasteiger partial charge is 0.497 e. The van der Waals surface area contributed by atoms with Gasteiger partial charge in [-0.15, -0.1) is 0 Å². The van der Waals surface area contributed by atoms with E-state index < -0.39 is 16.1 Å². The molecule has 1 amide bonds. The Balaban J connectivity index is 1.69. The van der Waals surface area contributed by atoms with Crippen LogP contribution in [0.1, 0.15) is 34.2 Å². The molecule has 1 N–H and O–H groups in total. The summed E-state index contributed by atoms with van der Waals surface area (Å²) in [5, 5.41) is 3.03. The Morgan fingerprint density at radius 1 is 1.12 bits per heavy atom. The SMILES string of the molecule is COc1cc(OC)cc([C@@H](NC(=O)c2cccc(N3CCCS3(=O)=O)c2)c2nccn2C)c1. The van der Waals surface area contributed by atoms with E-state index in [1.54, 1.807) is 56.9 Å². The fraction of sp³-hybridized carbons (Fsp3) is 0.304. The second-order valence-electron chi connectivity index (χ2n) is 7.74. The van der Waals surface area contributed by atoms with Gasteiger partial charge in [0.15, 0.2) is 0 Å². The highest BCUT2D eigenvalue weighted by Gasteiger charge is 2.29. The van der Waals surface area contributed by atoms with Crippen molar-refractivity contribution in [2.24, 2.45) is 7.05 Å². The fourth-order valence-electron chi connectivity index (χ4n) is 3.89. The average molecular weight is 471 g/mol. The number of aryl methyl sites for hydroxylation is 1. The third-order valence-corrected chi connectivity index (χ3v) is 7.46. The van der Waals surface area contributed by atoms with Gasteiger partial charge in [-0.05, 0) is 42.3 Å². The number of benzene rings is 2. The molecule has 1 aromatic heterocycles. The molecule has 1 fully saturated rings. The first-order valence-electron chi connectivity index (χ1n) is 10.4. The summed E-state index contributed by atoms with van der Waals surface area (Å²) in [7, 11) is 1.62. The van der Waals surface area contributed by atoms with Gasteiger partial charge >= 0.3 is 0 Å². The summed E-state index contributed by atoms with van der Waals surface area (Å²) in [6.45, 7) is 0.410. The fourth-order valence-corrected chi connectivity index (χ4v) is 5.45. The smallest absolute Gasteiger partial charge is 0.252 e. The van der Waals surface area contributed by atoms with Crippen molar-refractivity contribution in [1.29, 1.82) is 0 Å². The molecular weight excluding hydrogens is 444 g/mol. The first kappa shape index (κ1) is 22.7. The monoisotopic (exact) mass is 470 g/mol. The van der Waals surface area contributed by atoms with E-state index >= 15 is 0 Å². The van der Waals surface area contributed by atoms with Crippen LogP contribution in [0.4, 0.5) is 5.69 Å². The molecule has 0 spiro atoms. The molecule has 2 aromatic carbocycles. The summed E-state index contributed by atoms with van der Waals surface area (Å²) in [5.41, 5.74) is 1.56. The van der Waals surface area contributed by atoms with Crippen LogP contribution in [0, 0.1) is 0 Å². The minimum absolute atomic E-state index is 0.113. The first-order valence-corrected chi connectivity index (χ1v) is 12.0. The Kier molecular flexibility index (Phi) is 6.28. The van der Waals surface area contributed by atoms with Crippen LogP contribution in [0.15, 0.2) is 54.9 Å². The van der Waals surface area contributed by atoms with Crippen molar-refractivity contribution in [3.8, 4) is 11.5 Å². The molecule has 1 atom stereocenters. The molecule has 0 saturated carbocycles. The molecule has 0 aliphatic carbocycles. The van der Waals surface area contributed by atoms with Crippen molar-refractivity contribution < 1.29 is 22.7 Å². The Hall–Kier alpha value is -3.53. The Bertz CT molecular complexity index is 1250. The lowest BCUT2D eigenvalue weighted by Gasteiger charge is -2.21. The lowest BCUT2D eigenvalue weighted by atomic mass is 10.0. The maximum atomic E-state index is 13.3. The molecule has 4 rings (SSSR count). The zero-order valence-corrected chi connectivity index (χ0v) is 19.5. The number of aromatic nitrogens is 2. The van der Waals surface area contributed by atoms with Crippen LogP contribution in [0.3, 0.4) is 0 Å². The predicted octanol–water partition coefficient (Wildman–Crippen LogP) is 2.50. The molecule has 0 radical (unpaired) electrons. The van der Waals surface area contributed by atoms with E-state index in [1.807, 2.05) is 23.7 Å². The highest BCUT2D eigenvalue weighted by atomic mass is 32.2. The number of ether oxygens (including phenoxy) is 2. The van der Waals surface area contributed by atoms with Gasteiger partial charge < -0.3 is 19.4 Å². The van der Waals surface area contributed by atoms with E-state index in [1.165, 1.54) is 4.31 Å². The van der Waals surface area contributed by atoms with E-state index in [0.717, 1.165) is 5.56 Å². The number of carbonyl (C=O) groups is 1. The van der Waals surface area contributed by atoms with Gasteiger partial charge in [0, 0.05) is 37.6 Å². The van der Waals surface area contributed by atoms with Crippen molar-refractivity contribution in [1.82, 2.24) is 14.9 Å². The Labute approximate surface area is 193 Å². The van der Waals surface area contributed by atoms with E-state index in [4.69, 9.17) is 9.47 Å². The van der Waals surface area contributed by atoms with Crippen molar-refractivity contribution in [3.63, 3.8) is 0 Å². The van der Waals surface area contributed by atoms with Crippen molar-refractivity contribution in [2.45, 2.75) is 12.5 Å². The number of methoxy groups -OCH3 is 2. The third kappa shape index (κ3) is 4.65. The van der Waals surface area contributed by atoms with E-state index in [0.29, 0.717) is 41.5 Å². The number of hydrogen-bond donors (Lipinski definition) is 1. The van der Waals surface area contributed by atoms with Crippen LogP contribution >= 0.6 is 0 Å². The predicted molar refractivity (Wildman–Crippen MR) is 124 cm³/mol. The van der Waals surface area contributed by atoms with E-state index in [2.05, 4.69) is 10.3 Å². The van der Waals surface area contributed by atoms with Crippen molar-refractivity contribution >= 4 is 21.6 Å². The maximum absolute atomic E-state index is 13.3. The lowest BCUT2D eigenvalue weighted by molar-refractivity contribution is 0.0941. The number of anilines is 1. The summed E-state index contributed by atoms with van der Waals surface area (Å²) in [6.07, 6.45) is 4.02. The number of amides is 1. The van der Waals surface area contributed by atoms with Gasteiger partial charge in [-0.3, -0.25) is 9.10 Å². The molecular formula is C23H26N4O5S. The summed E-state index contributed by atoms with van der Waals surface area (Å²) in [4.78, 5) is 17.7. The van der Waals surface area contributed by atoms with Crippen LogP contribution in [-0.4, -0.2) is 50.4 Å². The summed E-state index contributed by atoms with van der Waals surface area (Å²) in [6, 6.07) is 11.4. The third-order valence-electron chi connectivity index (χ3n) is 5.59. The van der Waals surface area contributed by atoms with Gasteiger partial charge in [0.1, 0.15) is 23.4 Å². The van der Waals surface area contributed by atoms with E-state index in [9.17, 15) is 13.2 Å². The molecule has 0 bridgehead atoms. The second kappa shape index (κ2) is 9.14. The second-order valence-corrected chi connectivity index (χ2v) is 9.75. The molecule has 0 unspecified atom stereocenters. The minimum atomic E-state index is -3.34. The van der Waals surface area contributed by atoms with Gasteiger partial charge in [-0.25, -0.2) is 13.4 Å². The van der Waals surface area contributed by atoms with Crippen molar-refractivity contribution in [2.75, 3.05) is 30.8 Å². The molecule has 3 aromatic rings. The van der Waals surface area contributed by atoms with Gasteiger partial charge in [-0.2, -0.15) is 0 Å². The highest BCUT2D eigenvalue weighted by molar-refractivity contribution is 7.93. The average Bonchev–Trinajstić information content (AvgIpc) is 3.40. The Morgan fingerprint density at radius 2 is 1.85 bits per heavy atom. The Morgan fingerprint density at radius 3 is 2.42 bits per heavy atom. The lowest BCUT2D eigenvalue weighted by Crippen LogP contribution is -2.31. The van der Waals surface area contributed by atoms with E-state index in [-0.39, 0.29) is 11.7 Å². The number of rotatable bonds is 7. The van der Waals surface area contributed by atoms with Crippen LogP contribution in [0.5, 0.6) is 11.5 Å². The zero-order valence-electron chi connectivity index (χ0n) is 18.7. The van der Waals surface area contributed by atoms with Gasteiger partial charge in [0.05, 0.1) is 25.7 Å². The topological polar surface area (TPSA) is 103 Å². The number of nitrogens with zero attached hydrogens (tertiary/aromatic N) is 3. The molecule has 1 saturated heterocycles. The molecule has 174 valence electrons. The van der Waals surface area contributed by atoms with Crippen LogP contribution in [-0.2, 0) is 17.1 Å². The molecule has 1 aliphatic rings. The van der Waals surface area contributed by atoms with Gasteiger partial charge in [0.25, 0.3) is 5.91 Å². The number of nitrogens with one attached hydrogen (secondary N) is 1. The van der Waals surface area contributed by atoms with Crippen molar-refractivity contribution in [3.05, 3.63) is 71.8 Å². The van der Waals surface area contributed by atoms with Gasteiger partial charge in [-0.1, -0.05) is 6.07 Å². The number of hydrogen-bond acceptors (Lipinski definition) is 6. The quantitative estimate of drug-likeness (QED) is 0.569. The maximum Gasteiger partial charge on any atom is 0.252 e. The van der Waals surface area contributed by atoms with Gasteiger partial charge in [0.2, 0.25) is 10.0 Å². The normalized spacial score (nSPS) is 15.8. The minimum Gasteiger partial charge on any atom is -0.497 e. The number of sulfonamides is 1. The molecule has 9 nitrogen and oxygen atoms in total. The highest BCUT2D eigenvalue weighted by Crippen LogP contribution is 2.30. The molecule has 2 heterocycles. The molecule has 10 heteroatoms. The summed E-state index contributed by atoms with van der Waals surface area (Å²) in [5.74, 6) is 1.54. The zero-order chi connectivity index (χ0) is 23.6. The summed E-state index contributed by atoms with van der Waals surface area (Å²) >= 11 is 0. The van der Waals surface area contributed by atoms with Crippen LogP contribution in [0.2, 0.25) is 0 Å². The molecule has 33 heavy (non-hydrogen) atoms. The standard InChI is InChI=1S/C23H26N4O5S/c1-26-10-8-24-22(26)21(17-13-19(31-2)15-20(14-17)32-3)25-23(28)16-6-4-7-18(12-16)27-9-5-11-33(27,29)30/h4,6-8,10,12-15,21H,5,9,11H2,1-3H3,(H,25,28)/t21-/m1/s1.